The van der Waals surface area contributed by atoms with Gasteiger partial charge in [-0.05, 0) is 25.5 Å². The number of benzene rings is 1. The molecule has 0 fully saturated rings. The number of hydrogen-bond donors (Lipinski definition) is 3. The minimum Gasteiger partial charge on any atom is -0.383 e. The number of halogens is 1. The Hall–Kier alpha value is -1.79. The molecule has 0 bridgehead atoms. The van der Waals surface area contributed by atoms with Gasteiger partial charge in [-0.25, -0.2) is 4.99 Å². The zero-order valence-electron chi connectivity index (χ0n) is 13.9. The molecule has 0 aliphatic carbocycles. The summed E-state index contributed by atoms with van der Waals surface area (Å²) in [6.45, 7) is 5.67. The van der Waals surface area contributed by atoms with Crippen LogP contribution < -0.4 is 16.0 Å². The van der Waals surface area contributed by atoms with Crippen molar-refractivity contribution in [1.29, 1.82) is 0 Å². The number of ether oxygens (including phenoxy) is 1. The van der Waals surface area contributed by atoms with E-state index in [-0.39, 0.29) is 18.5 Å². The highest BCUT2D eigenvalue weighted by molar-refractivity contribution is 6.31. The average molecular weight is 341 g/mol. The van der Waals surface area contributed by atoms with Crippen molar-refractivity contribution in [2.24, 2.45) is 4.99 Å². The maximum Gasteiger partial charge on any atom is 0.241 e. The second-order valence-corrected chi connectivity index (χ2v) is 5.33. The summed E-state index contributed by atoms with van der Waals surface area (Å²) in [6.07, 6.45) is 0. The van der Waals surface area contributed by atoms with Gasteiger partial charge in [0.15, 0.2) is 5.96 Å². The molecule has 0 aliphatic rings. The van der Waals surface area contributed by atoms with E-state index in [0.29, 0.717) is 30.7 Å². The van der Waals surface area contributed by atoms with Crippen LogP contribution in [0.15, 0.2) is 29.3 Å². The van der Waals surface area contributed by atoms with Gasteiger partial charge < -0.3 is 20.7 Å². The average Bonchev–Trinajstić information content (AvgIpc) is 2.53. The van der Waals surface area contributed by atoms with Crippen molar-refractivity contribution >= 4 is 23.5 Å². The molecule has 0 heterocycles. The Morgan fingerprint density at radius 2 is 2.09 bits per heavy atom. The van der Waals surface area contributed by atoms with Crippen molar-refractivity contribution in [3.05, 3.63) is 34.9 Å². The predicted molar refractivity (Wildman–Crippen MR) is 93.9 cm³/mol. The highest BCUT2D eigenvalue weighted by Crippen LogP contribution is 2.21. The molecule has 1 aromatic carbocycles. The molecule has 1 unspecified atom stereocenters. The van der Waals surface area contributed by atoms with E-state index in [0.717, 1.165) is 5.56 Å². The molecule has 0 aliphatic heterocycles. The van der Waals surface area contributed by atoms with E-state index in [4.69, 9.17) is 16.3 Å². The molecule has 1 rings (SSSR count). The lowest BCUT2D eigenvalue weighted by atomic mass is 10.1. The number of nitrogens with zero attached hydrogens (tertiary/aromatic N) is 1. The molecular formula is C16H25ClN4O2. The molecule has 3 N–H and O–H groups in total. The molecule has 6 nitrogen and oxygen atoms in total. The first kappa shape index (κ1) is 19.3. The lowest BCUT2D eigenvalue weighted by Crippen LogP contribution is -2.40. The van der Waals surface area contributed by atoms with E-state index >= 15 is 0 Å². The van der Waals surface area contributed by atoms with Crippen LogP contribution in [0.3, 0.4) is 0 Å². The third-order valence-electron chi connectivity index (χ3n) is 3.08. The molecule has 0 saturated heterocycles. The summed E-state index contributed by atoms with van der Waals surface area (Å²) in [6, 6.07) is 7.61. The summed E-state index contributed by atoms with van der Waals surface area (Å²) in [5.41, 5.74) is 0.976. The number of carbonyl (C=O) groups excluding carboxylic acids is 1. The Balaban J connectivity index is 2.61. The van der Waals surface area contributed by atoms with Crippen molar-refractivity contribution in [3.8, 4) is 0 Å². The van der Waals surface area contributed by atoms with Gasteiger partial charge in [-0.15, -0.1) is 0 Å². The fraction of sp³-hybridized carbons (Fsp3) is 0.500. The third-order valence-corrected chi connectivity index (χ3v) is 3.42. The summed E-state index contributed by atoms with van der Waals surface area (Å²) in [4.78, 5) is 16.0. The standard InChI is InChI=1S/C16H25ClN4O2/c1-4-18-16(20-11-15(22)19-9-10-23-3)21-12(2)13-7-5-6-8-14(13)17/h5-8,12H,4,9-11H2,1-3H3,(H,19,22)(H2,18,20,21). The van der Waals surface area contributed by atoms with Gasteiger partial charge in [0, 0.05) is 25.2 Å². The van der Waals surface area contributed by atoms with Gasteiger partial charge in [0.1, 0.15) is 6.54 Å². The molecule has 0 saturated carbocycles. The number of methoxy groups -OCH3 is 1. The summed E-state index contributed by atoms with van der Waals surface area (Å²) >= 11 is 6.20. The van der Waals surface area contributed by atoms with E-state index < -0.39 is 0 Å². The van der Waals surface area contributed by atoms with E-state index in [1.165, 1.54) is 0 Å². The molecule has 7 heteroatoms. The monoisotopic (exact) mass is 340 g/mol. The maximum absolute atomic E-state index is 11.7. The van der Waals surface area contributed by atoms with Crippen LogP contribution in [0.25, 0.3) is 0 Å². The van der Waals surface area contributed by atoms with E-state index in [1.807, 2.05) is 38.1 Å². The van der Waals surface area contributed by atoms with Gasteiger partial charge in [0.2, 0.25) is 5.91 Å². The van der Waals surface area contributed by atoms with E-state index in [9.17, 15) is 4.79 Å². The van der Waals surface area contributed by atoms with Crippen LogP contribution in [0, 0.1) is 0 Å². The van der Waals surface area contributed by atoms with Gasteiger partial charge in [-0.1, -0.05) is 29.8 Å². The largest absolute Gasteiger partial charge is 0.383 e. The minimum absolute atomic E-state index is 0.0296. The first-order chi connectivity index (χ1) is 11.1. The number of amides is 1. The van der Waals surface area contributed by atoms with Gasteiger partial charge in [0.25, 0.3) is 0 Å². The number of aliphatic imine (C=N–C) groups is 1. The second kappa shape index (κ2) is 10.9. The van der Waals surface area contributed by atoms with E-state index in [2.05, 4.69) is 20.9 Å². The van der Waals surface area contributed by atoms with Crippen LogP contribution in [0.4, 0.5) is 0 Å². The number of carbonyl (C=O) groups is 1. The zero-order chi connectivity index (χ0) is 17.1. The van der Waals surface area contributed by atoms with Gasteiger partial charge in [-0.2, -0.15) is 0 Å². The normalized spacial score (nSPS) is 12.6. The minimum atomic E-state index is -0.148. The van der Waals surface area contributed by atoms with Crippen molar-refractivity contribution in [1.82, 2.24) is 16.0 Å². The molecular weight excluding hydrogens is 316 g/mol. The van der Waals surface area contributed by atoms with Crippen LogP contribution in [0.5, 0.6) is 0 Å². The summed E-state index contributed by atoms with van der Waals surface area (Å²) < 4.78 is 4.88. The Morgan fingerprint density at radius 1 is 1.35 bits per heavy atom. The lowest BCUT2D eigenvalue weighted by Gasteiger charge is -2.19. The Morgan fingerprint density at radius 3 is 2.74 bits per heavy atom. The second-order valence-electron chi connectivity index (χ2n) is 4.93. The van der Waals surface area contributed by atoms with Crippen LogP contribution in [-0.4, -0.2) is 45.2 Å². The van der Waals surface area contributed by atoms with Crippen LogP contribution in [-0.2, 0) is 9.53 Å². The maximum atomic E-state index is 11.7. The molecule has 0 radical (unpaired) electrons. The van der Waals surface area contributed by atoms with Gasteiger partial charge >= 0.3 is 0 Å². The van der Waals surface area contributed by atoms with Crippen molar-refractivity contribution in [3.63, 3.8) is 0 Å². The van der Waals surface area contributed by atoms with Crippen molar-refractivity contribution < 1.29 is 9.53 Å². The highest BCUT2D eigenvalue weighted by atomic mass is 35.5. The fourth-order valence-electron chi connectivity index (χ4n) is 1.93. The number of rotatable bonds is 8. The van der Waals surface area contributed by atoms with E-state index in [1.54, 1.807) is 7.11 Å². The van der Waals surface area contributed by atoms with Gasteiger partial charge in [-0.3, -0.25) is 4.79 Å². The molecule has 1 atom stereocenters. The summed E-state index contributed by atoms with van der Waals surface area (Å²) in [5, 5.41) is 9.79. The number of guanidine groups is 1. The van der Waals surface area contributed by atoms with Crippen LogP contribution in [0.1, 0.15) is 25.5 Å². The SMILES string of the molecule is CCNC(=NCC(=O)NCCOC)NC(C)c1ccccc1Cl. The quantitative estimate of drug-likeness (QED) is 0.383. The molecule has 23 heavy (non-hydrogen) atoms. The van der Waals surface area contributed by atoms with Crippen LogP contribution in [0.2, 0.25) is 5.02 Å². The topological polar surface area (TPSA) is 74.8 Å². The molecule has 128 valence electrons. The van der Waals surface area contributed by atoms with Gasteiger partial charge in [0.05, 0.1) is 12.6 Å². The summed E-state index contributed by atoms with van der Waals surface area (Å²) in [5.74, 6) is 0.423. The lowest BCUT2D eigenvalue weighted by molar-refractivity contribution is -0.119. The molecule has 0 aromatic heterocycles. The molecule has 0 spiro atoms. The Labute approximate surface area is 142 Å². The van der Waals surface area contributed by atoms with Crippen molar-refractivity contribution in [2.75, 3.05) is 33.4 Å². The number of nitrogens with one attached hydrogen (secondary N) is 3. The predicted octanol–water partition coefficient (Wildman–Crippen LogP) is 1.72. The Bertz CT molecular complexity index is 523. The first-order valence-corrected chi connectivity index (χ1v) is 8.01. The molecule has 1 amide bonds. The zero-order valence-corrected chi connectivity index (χ0v) is 14.6. The Kier molecular flexibility index (Phi) is 9.09. The van der Waals surface area contributed by atoms with Crippen LogP contribution >= 0.6 is 11.6 Å². The molecule has 1 aromatic rings. The summed E-state index contributed by atoms with van der Waals surface area (Å²) in [7, 11) is 1.59. The third kappa shape index (κ3) is 7.34. The first-order valence-electron chi connectivity index (χ1n) is 7.63. The van der Waals surface area contributed by atoms with Crippen molar-refractivity contribution in [2.45, 2.75) is 19.9 Å². The highest BCUT2D eigenvalue weighted by Gasteiger charge is 2.11. The fourth-order valence-corrected chi connectivity index (χ4v) is 2.23. The smallest absolute Gasteiger partial charge is 0.241 e. The number of hydrogen-bond acceptors (Lipinski definition) is 3.